The van der Waals surface area contributed by atoms with E-state index in [0.717, 1.165) is 0 Å². The number of aromatic nitrogens is 1. The van der Waals surface area contributed by atoms with E-state index in [1.54, 1.807) is 0 Å². The number of phenolic OH excluding ortho intramolecular Hbond substituents is 1. The van der Waals surface area contributed by atoms with Crippen molar-refractivity contribution in [2.75, 3.05) is 0 Å². The van der Waals surface area contributed by atoms with Crippen LogP contribution in [0.15, 0.2) is 15.1 Å². The number of phenols is 1. The molecule has 1 aromatic carbocycles. The zero-order valence-corrected chi connectivity index (χ0v) is 10.9. The van der Waals surface area contributed by atoms with Crippen LogP contribution in [0.25, 0.3) is 11.0 Å². The molecule has 1 aromatic heterocycles. The molecule has 3 nitrogen and oxygen atoms in total. The molecule has 2 rings (SSSR count). The normalized spacial score (nSPS) is 12.3. The molecule has 0 fully saturated rings. The first-order valence-corrected chi connectivity index (χ1v) is 6.02. The van der Waals surface area contributed by atoms with Gasteiger partial charge in [-0.25, -0.2) is 0 Å². The molecular weight excluding hydrogens is 315 g/mol. The molecule has 7 heteroatoms. The van der Waals surface area contributed by atoms with Gasteiger partial charge in [0.2, 0.25) is 0 Å². The second kappa shape index (κ2) is 4.46. The topological polar surface area (TPSA) is 46.3 Å². The Kier molecular flexibility index (Phi) is 3.27. The molecule has 0 aliphatic heterocycles. The van der Waals surface area contributed by atoms with E-state index in [4.69, 9.17) is 4.52 Å². The Balaban J connectivity index is 2.77. The fourth-order valence-corrected chi connectivity index (χ4v) is 2.25. The third-order valence-corrected chi connectivity index (χ3v) is 3.16. The summed E-state index contributed by atoms with van der Waals surface area (Å²) in [5, 5.41) is 12.7. The number of nitrogens with zero attached hydrogens (tertiary/aromatic N) is 1. The van der Waals surface area contributed by atoms with Crippen LogP contribution in [-0.2, 0) is 12.6 Å². The second-order valence-corrected chi connectivity index (χ2v) is 4.70. The Labute approximate surface area is 109 Å². The highest BCUT2D eigenvalue weighted by molar-refractivity contribution is 9.10. The molecule has 98 valence electrons. The van der Waals surface area contributed by atoms with Crippen molar-refractivity contribution in [3.63, 3.8) is 0 Å². The van der Waals surface area contributed by atoms with Gasteiger partial charge in [0.15, 0.2) is 11.3 Å². The summed E-state index contributed by atoms with van der Waals surface area (Å²) < 4.78 is 43.0. The molecule has 18 heavy (non-hydrogen) atoms. The highest BCUT2D eigenvalue weighted by Gasteiger charge is 2.38. The smallest absolute Gasteiger partial charge is 0.437 e. The SMILES string of the molecule is CCCc1c(O)c(Br)cc2c(C(F)(F)F)noc12. The van der Waals surface area contributed by atoms with Gasteiger partial charge in [-0.3, -0.25) is 0 Å². The van der Waals surface area contributed by atoms with Gasteiger partial charge in [-0.15, -0.1) is 0 Å². The maximum Gasteiger partial charge on any atom is 0.437 e. The van der Waals surface area contributed by atoms with Crippen LogP contribution in [0.1, 0.15) is 24.6 Å². The van der Waals surface area contributed by atoms with Gasteiger partial charge in [0.05, 0.1) is 9.86 Å². The molecule has 0 radical (unpaired) electrons. The Morgan fingerprint density at radius 2 is 2.11 bits per heavy atom. The lowest BCUT2D eigenvalue weighted by molar-refractivity contribution is -0.141. The number of fused-ring (bicyclic) bond motifs is 1. The number of halogens is 4. The monoisotopic (exact) mass is 323 g/mol. The van der Waals surface area contributed by atoms with Crippen molar-refractivity contribution in [2.45, 2.75) is 25.9 Å². The summed E-state index contributed by atoms with van der Waals surface area (Å²) in [5.41, 5.74) is -0.745. The van der Waals surface area contributed by atoms with E-state index in [1.807, 2.05) is 6.92 Å². The van der Waals surface area contributed by atoms with E-state index in [0.29, 0.717) is 18.4 Å². The van der Waals surface area contributed by atoms with E-state index in [-0.39, 0.29) is 21.2 Å². The molecule has 0 aliphatic carbocycles. The minimum Gasteiger partial charge on any atom is -0.506 e. The van der Waals surface area contributed by atoms with E-state index < -0.39 is 11.9 Å². The highest BCUT2D eigenvalue weighted by atomic mass is 79.9. The highest BCUT2D eigenvalue weighted by Crippen LogP contribution is 2.41. The summed E-state index contributed by atoms with van der Waals surface area (Å²) >= 11 is 3.04. The van der Waals surface area contributed by atoms with Gasteiger partial charge in [-0.05, 0) is 28.4 Å². The standard InChI is InChI=1S/C11H9BrF3NO2/c1-2-3-5-8(17)7(12)4-6-9(5)18-16-10(6)11(13,14)15/h4,17H,2-3H2,1H3. The van der Waals surface area contributed by atoms with Crippen LogP contribution in [0.5, 0.6) is 5.75 Å². The molecule has 0 saturated heterocycles. The molecule has 0 atom stereocenters. The molecule has 0 spiro atoms. The summed E-state index contributed by atoms with van der Waals surface area (Å²) in [6.45, 7) is 1.85. The van der Waals surface area contributed by atoms with Gasteiger partial charge in [-0.1, -0.05) is 18.5 Å². The van der Waals surface area contributed by atoms with Gasteiger partial charge < -0.3 is 9.63 Å². The van der Waals surface area contributed by atoms with Crippen molar-refractivity contribution in [1.29, 1.82) is 0 Å². The van der Waals surface area contributed by atoms with Gasteiger partial charge in [0.25, 0.3) is 0 Å². The maximum atomic E-state index is 12.7. The van der Waals surface area contributed by atoms with Gasteiger partial charge in [-0.2, -0.15) is 13.2 Å². The van der Waals surface area contributed by atoms with Gasteiger partial charge in [0, 0.05) is 5.56 Å². The third kappa shape index (κ3) is 2.07. The fraction of sp³-hybridized carbons (Fsp3) is 0.364. The summed E-state index contributed by atoms with van der Waals surface area (Å²) in [7, 11) is 0. The molecule has 1 heterocycles. The zero-order chi connectivity index (χ0) is 13.5. The molecule has 0 saturated carbocycles. The van der Waals surface area contributed by atoms with Crippen LogP contribution in [-0.4, -0.2) is 10.3 Å². The first-order chi connectivity index (χ1) is 8.36. The Bertz CT molecular complexity index is 592. The van der Waals surface area contributed by atoms with Crippen LogP contribution in [0, 0.1) is 0 Å². The van der Waals surface area contributed by atoms with Crippen LogP contribution >= 0.6 is 15.9 Å². The molecule has 0 aliphatic rings. The first-order valence-electron chi connectivity index (χ1n) is 5.23. The van der Waals surface area contributed by atoms with E-state index in [2.05, 4.69) is 21.1 Å². The predicted octanol–water partition coefficient (Wildman–Crippen LogP) is 4.27. The van der Waals surface area contributed by atoms with E-state index in [1.165, 1.54) is 6.07 Å². The summed E-state index contributed by atoms with van der Waals surface area (Å²) in [6.07, 6.45) is -3.50. The predicted molar refractivity (Wildman–Crippen MR) is 62.4 cm³/mol. The number of aryl methyl sites for hydroxylation is 1. The lowest BCUT2D eigenvalue weighted by Crippen LogP contribution is -2.05. The number of aromatic hydroxyl groups is 1. The number of hydrogen-bond acceptors (Lipinski definition) is 3. The molecule has 1 N–H and O–H groups in total. The van der Waals surface area contributed by atoms with Gasteiger partial charge >= 0.3 is 6.18 Å². The Hall–Kier alpha value is -1.24. The average molecular weight is 324 g/mol. The zero-order valence-electron chi connectivity index (χ0n) is 9.31. The van der Waals surface area contributed by atoms with E-state index in [9.17, 15) is 18.3 Å². The van der Waals surface area contributed by atoms with Crippen molar-refractivity contribution in [3.05, 3.63) is 21.8 Å². The number of hydrogen-bond donors (Lipinski definition) is 1. The van der Waals surface area contributed by atoms with Crippen molar-refractivity contribution >= 4 is 26.9 Å². The summed E-state index contributed by atoms with van der Waals surface area (Å²) in [4.78, 5) is 0. The van der Waals surface area contributed by atoms with Crippen molar-refractivity contribution in [2.24, 2.45) is 0 Å². The molecular formula is C11H9BrF3NO2. The lowest BCUT2D eigenvalue weighted by Gasteiger charge is -2.06. The Morgan fingerprint density at radius 3 is 2.67 bits per heavy atom. The first kappa shape index (κ1) is 13.2. The quantitative estimate of drug-likeness (QED) is 0.897. The molecule has 0 amide bonds. The lowest BCUT2D eigenvalue weighted by atomic mass is 10.0. The summed E-state index contributed by atoms with van der Waals surface area (Å²) in [6, 6.07) is 1.17. The second-order valence-electron chi connectivity index (χ2n) is 3.84. The fourth-order valence-electron chi connectivity index (χ4n) is 1.78. The van der Waals surface area contributed by atoms with Crippen molar-refractivity contribution in [3.8, 4) is 5.75 Å². The molecule has 2 aromatic rings. The van der Waals surface area contributed by atoms with Crippen molar-refractivity contribution in [1.82, 2.24) is 5.16 Å². The molecule has 0 unspecified atom stereocenters. The Morgan fingerprint density at radius 1 is 1.44 bits per heavy atom. The maximum absolute atomic E-state index is 12.7. The number of rotatable bonds is 2. The van der Waals surface area contributed by atoms with Crippen molar-refractivity contribution < 1.29 is 22.8 Å². The van der Waals surface area contributed by atoms with Crippen LogP contribution in [0.4, 0.5) is 13.2 Å². The average Bonchev–Trinajstić information content (AvgIpc) is 2.67. The number of alkyl halides is 3. The van der Waals surface area contributed by atoms with Crippen LogP contribution < -0.4 is 0 Å². The van der Waals surface area contributed by atoms with Crippen LogP contribution in [0.3, 0.4) is 0 Å². The number of benzene rings is 1. The van der Waals surface area contributed by atoms with Gasteiger partial charge in [0.1, 0.15) is 5.75 Å². The minimum absolute atomic E-state index is 0.00937. The van der Waals surface area contributed by atoms with Crippen LogP contribution in [0.2, 0.25) is 0 Å². The minimum atomic E-state index is -4.58. The molecule has 0 bridgehead atoms. The third-order valence-electron chi connectivity index (χ3n) is 2.55. The largest absolute Gasteiger partial charge is 0.506 e. The van der Waals surface area contributed by atoms with E-state index >= 15 is 0 Å². The summed E-state index contributed by atoms with van der Waals surface area (Å²) in [5.74, 6) is -0.103.